The molecule has 0 bridgehead atoms. The molecule has 0 aliphatic heterocycles. The van der Waals surface area contributed by atoms with Gasteiger partial charge in [0.15, 0.2) is 0 Å². The summed E-state index contributed by atoms with van der Waals surface area (Å²) >= 11 is 2.86. The van der Waals surface area contributed by atoms with Crippen LogP contribution in [0.4, 0.5) is 0 Å². The van der Waals surface area contributed by atoms with Gasteiger partial charge in [-0.15, -0.1) is 0 Å². The van der Waals surface area contributed by atoms with Gasteiger partial charge in [0.25, 0.3) is 10.1 Å². The fourth-order valence-corrected chi connectivity index (χ4v) is 2.13. The van der Waals surface area contributed by atoms with Crippen molar-refractivity contribution in [2.24, 2.45) is 0 Å². The second-order valence-corrected chi connectivity index (χ2v) is 10.7. The van der Waals surface area contributed by atoms with Crippen LogP contribution >= 0.6 is 0 Å². The molecule has 0 aromatic heterocycles. The van der Waals surface area contributed by atoms with Gasteiger partial charge in [-0.3, -0.25) is 4.55 Å². The Kier molecular flexibility index (Phi) is 6.69. The summed E-state index contributed by atoms with van der Waals surface area (Å²) in [6.07, 6.45) is 0. The van der Waals surface area contributed by atoms with Gasteiger partial charge in [0, 0.05) is 5.39 Å². The molecule has 0 fully saturated rings. The van der Waals surface area contributed by atoms with E-state index in [2.05, 4.69) is 0 Å². The van der Waals surface area contributed by atoms with Crippen molar-refractivity contribution in [3.63, 3.8) is 0 Å². The van der Waals surface area contributed by atoms with Crippen molar-refractivity contribution in [2.45, 2.75) is 5.82 Å². The van der Waals surface area contributed by atoms with Crippen LogP contribution < -0.4 is 0 Å². The Hall–Kier alpha value is 0.610. The Morgan fingerprint density at radius 1 is 1.00 bits per heavy atom. The first-order valence-electron chi connectivity index (χ1n) is 5.46. The molecule has 2 rings (SSSR count). The van der Waals surface area contributed by atoms with Crippen LogP contribution in [0.2, 0.25) is 0.920 Å². The van der Waals surface area contributed by atoms with Gasteiger partial charge in [0.05, 0.1) is 0 Å². The van der Waals surface area contributed by atoms with E-state index in [4.69, 9.17) is 4.55 Å². The Labute approximate surface area is 136 Å². The van der Waals surface area contributed by atoms with Gasteiger partial charge >= 0.3 is 56.8 Å². The molecular formula is C11H10Na2O3S. The average molecular weight is 268 g/mol. The molecule has 0 spiro atoms. The van der Waals surface area contributed by atoms with Crippen molar-refractivity contribution in [3.8, 4) is 0 Å². The van der Waals surface area contributed by atoms with E-state index >= 15 is 0 Å². The number of hydrogen-bond acceptors (Lipinski definition) is 2. The molecule has 0 saturated carbocycles. The molecule has 2 aromatic rings. The summed E-state index contributed by atoms with van der Waals surface area (Å²) in [4.78, 5) is -0.0457. The van der Waals surface area contributed by atoms with Gasteiger partial charge in [-0.25, -0.2) is 0 Å². The summed E-state index contributed by atoms with van der Waals surface area (Å²) in [5, 5.41) is 1.33. The molecule has 0 heterocycles. The van der Waals surface area contributed by atoms with E-state index in [1.54, 1.807) is 30.3 Å². The zero-order valence-electron chi connectivity index (χ0n) is 9.92. The Balaban J connectivity index is 0.000000437. The SMILES string of the molecule is O=S(=O)(O)c1cccc2ccccc12.[Na][CH2][Na]. The van der Waals surface area contributed by atoms with Crippen molar-refractivity contribution in [3.05, 3.63) is 42.5 Å². The number of rotatable bonds is 1. The van der Waals surface area contributed by atoms with Crippen LogP contribution in [0.1, 0.15) is 0 Å². The summed E-state index contributed by atoms with van der Waals surface area (Å²) in [5.41, 5.74) is 0. The van der Waals surface area contributed by atoms with Gasteiger partial charge in [-0.05, 0) is 11.5 Å². The molecule has 17 heavy (non-hydrogen) atoms. The van der Waals surface area contributed by atoms with Crippen LogP contribution in [-0.4, -0.2) is 68.8 Å². The van der Waals surface area contributed by atoms with Gasteiger partial charge in [0.2, 0.25) is 0 Å². The van der Waals surface area contributed by atoms with Crippen molar-refractivity contribution in [2.75, 3.05) is 0 Å². The van der Waals surface area contributed by atoms with Crippen LogP contribution in [-0.2, 0) is 10.1 Å². The fraction of sp³-hybridized carbons (Fsp3) is 0.0909. The molecule has 0 aliphatic rings. The molecular weight excluding hydrogens is 258 g/mol. The normalized spacial score (nSPS) is 10.9. The minimum absolute atomic E-state index is 0.0457. The van der Waals surface area contributed by atoms with E-state index in [0.717, 1.165) is 5.39 Å². The topological polar surface area (TPSA) is 54.4 Å². The molecule has 0 saturated heterocycles. The summed E-state index contributed by atoms with van der Waals surface area (Å²) in [6, 6.07) is 11.8. The zero-order valence-corrected chi connectivity index (χ0v) is 14.7. The zero-order chi connectivity index (χ0) is 12.9. The quantitative estimate of drug-likeness (QED) is 0.633. The van der Waals surface area contributed by atoms with E-state index < -0.39 is 10.1 Å². The molecule has 3 nitrogen and oxygen atoms in total. The van der Waals surface area contributed by atoms with Crippen molar-refractivity contribution in [1.82, 2.24) is 0 Å². The fourth-order valence-electron chi connectivity index (χ4n) is 1.42. The summed E-state index contributed by atoms with van der Waals surface area (Å²) < 4.78 is 32.5. The van der Waals surface area contributed by atoms with E-state index in [9.17, 15) is 8.42 Å². The third-order valence-electron chi connectivity index (χ3n) is 2.03. The first-order chi connectivity index (χ1) is 8.00. The Morgan fingerprint density at radius 2 is 1.53 bits per heavy atom. The third kappa shape index (κ3) is 4.65. The van der Waals surface area contributed by atoms with Gasteiger partial charge < -0.3 is 0 Å². The van der Waals surface area contributed by atoms with Crippen LogP contribution in [0.25, 0.3) is 10.8 Å². The van der Waals surface area contributed by atoms with Crippen LogP contribution in [0.3, 0.4) is 0 Å². The number of hydrogen-bond donors (Lipinski definition) is 1. The third-order valence-corrected chi connectivity index (χ3v) is 2.94. The summed E-state index contributed by atoms with van der Waals surface area (Å²) in [6.45, 7) is 0. The number of benzene rings is 2. The molecule has 1 N–H and O–H groups in total. The monoisotopic (exact) mass is 268 g/mol. The van der Waals surface area contributed by atoms with Gasteiger partial charge in [-0.2, -0.15) is 8.42 Å². The Bertz CT molecular complexity index is 591. The van der Waals surface area contributed by atoms with Crippen molar-refractivity contribution >= 4 is 76.8 Å². The van der Waals surface area contributed by atoms with Gasteiger partial charge in [0.1, 0.15) is 4.90 Å². The summed E-state index contributed by atoms with van der Waals surface area (Å²) in [7, 11) is -4.13. The molecule has 0 aliphatic carbocycles. The summed E-state index contributed by atoms with van der Waals surface area (Å²) in [5.74, 6) is 0. The second-order valence-electron chi connectivity index (χ2n) is 3.66. The second kappa shape index (κ2) is 7.26. The molecule has 0 amide bonds. The maximum absolute atomic E-state index is 11.0. The molecule has 2 aromatic carbocycles. The van der Waals surface area contributed by atoms with Crippen molar-refractivity contribution < 1.29 is 13.0 Å². The van der Waals surface area contributed by atoms with E-state index in [1.807, 2.05) is 6.07 Å². The Morgan fingerprint density at radius 3 is 2.12 bits per heavy atom. The van der Waals surface area contributed by atoms with Crippen LogP contribution in [0, 0.1) is 0 Å². The molecule has 0 atom stereocenters. The predicted molar refractivity (Wildman–Crippen MR) is 70.1 cm³/mol. The van der Waals surface area contributed by atoms with E-state index in [0.29, 0.717) is 5.39 Å². The van der Waals surface area contributed by atoms with Gasteiger partial charge in [-0.1, -0.05) is 36.4 Å². The molecule has 6 heteroatoms. The standard InChI is InChI=1S/C10H8O3S.CH2.2Na/c11-14(12,13)10-7-3-5-8-4-1-2-6-9(8)10;;;/h1-7H,(H,11,12,13);1H2;;. The predicted octanol–water partition coefficient (Wildman–Crippen LogP) is 1.79. The molecule has 0 unspecified atom stereocenters. The number of fused-ring (bicyclic) bond motifs is 1. The average Bonchev–Trinajstić information content (AvgIpc) is 2.28. The first kappa shape index (κ1) is 15.7. The van der Waals surface area contributed by atoms with E-state index in [-0.39, 0.29) is 4.90 Å². The molecule has 80 valence electrons. The maximum atomic E-state index is 11.0. The molecule has 0 radical (unpaired) electrons. The van der Waals surface area contributed by atoms with Crippen LogP contribution in [0.15, 0.2) is 47.4 Å². The van der Waals surface area contributed by atoms with Crippen molar-refractivity contribution in [1.29, 1.82) is 0 Å². The first-order valence-corrected chi connectivity index (χ1v) is 9.72. The van der Waals surface area contributed by atoms with Crippen LogP contribution in [0.5, 0.6) is 0 Å². The minimum atomic E-state index is -4.13. The van der Waals surface area contributed by atoms with E-state index in [1.165, 1.54) is 62.8 Å².